The Kier molecular flexibility index (Phi) is 7.63. The zero-order valence-electron chi connectivity index (χ0n) is 18.3. The first-order valence-electron chi connectivity index (χ1n) is 10.3. The zero-order valence-corrected chi connectivity index (χ0v) is 20.0. The maximum atomic E-state index is 12.6. The summed E-state index contributed by atoms with van der Waals surface area (Å²) in [6, 6.07) is 12.2. The van der Waals surface area contributed by atoms with Crippen LogP contribution in [0.5, 0.6) is 0 Å². The normalized spacial score (nSPS) is 12.3. The summed E-state index contributed by atoms with van der Waals surface area (Å²) in [4.78, 5) is 29.5. The van der Waals surface area contributed by atoms with Crippen molar-refractivity contribution in [2.45, 2.75) is 44.0 Å². The minimum atomic E-state index is -3.29. The summed E-state index contributed by atoms with van der Waals surface area (Å²) in [5, 5.41) is 0. The van der Waals surface area contributed by atoms with Gasteiger partial charge >= 0.3 is 5.97 Å². The highest BCUT2D eigenvalue weighted by molar-refractivity contribution is 7.90. The van der Waals surface area contributed by atoms with Crippen molar-refractivity contribution < 1.29 is 22.7 Å². The molecular formula is C23H26N2O5S2. The summed E-state index contributed by atoms with van der Waals surface area (Å²) in [6.45, 7) is 2.10. The Labute approximate surface area is 191 Å². The molecule has 0 spiro atoms. The number of aromatic nitrogens is 1. The Morgan fingerprint density at radius 2 is 1.78 bits per heavy atom. The number of thiazole rings is 1. The molecule has 1 amide bonds. The maximum Gasteiger partial charge on any atom is 0.325 e. The van der Waals surface area contributed by atoms with E-state index >= 15 is 0 Å². The Morgan fingerprint density at radius 3 is 2.41 bits per heavy atom. The van der Waals surface area contributed by atoms with Crippen molar-refractivity contribution in [1.29, 1.82) is 0 Å². The van der Waals surface area contributed by atoms with E-state index in [0.29, 0.717) is 10.4 Å². The van der Waals surface area contributed by atoms with Gasteiger partial charge in [0.05, 0.1) is 28.6 Å². The molecule has 0 aliphatic carbocycles. The first kappa shape index (κ1) is 23.9. The largest absolute Gasteiger partial charge is 0.468 e. The highest BCUT2D eigenvalue weighted by Crippen LogP contribution is 2.21. The number of rotatable bonds is 8. The first-order valence-corrected chi connectivity index (χ1v) is 13.0. The molecule has 0 radical (unpaired) electrons. The predicted molar refractivity (Wildman–Crippen MR) is 124 cm³/mol. The third-order valence-corrected chi connectivity index (χ3v) is 7.18. The van der Waals surface area contributed by atoms with Gasteiger partial charge in [-0.25, -0.2) is 8.42 Å². The lowest BCUT2D eigenvalue weighted by molar-refractivity contribution is -0.141. The molecular weight excluding hydrogens is 448 g/mol. The number of methoxy groups -OCH3 is 1. The van der Waals surface area contributed by atoms with Crippen LogP contribution in [0.1, 0.15) is 30.9 Å². The van der Waals surface area contributed by atoms with Crippen molar-refractivity contribution in [2.75, 3.05) is 13.4 Å². The van der Waals surface area contributed by atoms with E-state index in [2.05, 4.69) is 18.0 Å². The van der Waals surface area contributed by atoms with Gasteiger partial charge in [-0.2, -0.15) is 4.99 Å². The van der Waals surface area contributed by atoms with Crippen LogP contribution in [0.25, 0.3) is 10.2 Å². The lowest BCUT2D eigenvalue weighted by atomic mass is 10.1. The van der Waals surface area contributed by atoms with E-state index in [1.54, 1.807) is 16.7 Å². The number of hydrogen-bond acceptors (Lipinski definition) is 6. The molecule has 0 aliphatic rings. The average molecular weight is 475 g/mol. The predicted octanol–water partition coefficient (Wildman–Crippen LogP) is 3.29. The Hall–Kier alpha value is -2.78. The van der Waals surface area contributed by atoms with Gasteiger partial charge in [-0.15, -0.1) is 0 Å². The van der Waals surface area contributed by atoms with Crippen LogP contribution in [-0.2, 0) is 43.5 Å². The van der Waals surface area contributed by atoms with E-state index in [9.17, 15) is 18.0 Å². The molecule has 0 N–H and O–H groups in total. The highest BCUT2D eigenvalue weighted by Gasteiger charge is 2.13. The topological polar surface area (TPSA) is 94.8 Å². The van der Waals surface area contributed by atoms with Crippen LogP contribution in [-0.4, -0.2) is 38.2 Å². The molecule has 170 valence electrons. The molecule has 0 bridgehead atoms. The second-order valence-electron chi connectivity index (χ2n) is 7.55. The minimum Gasteiger partial charge on any atom is -0.468 e. The molecule has 7 nitrogen and oxygen atoms in total. The van der Waals surface area contributed by atoms with E-state index < -0.39 is 15.8 Å². The third-order valence-electron chi connectivity index (χ3n) is 5.01. The number of esters is 1. The van der Waals surface area contributed by atoms with Gasteiger partial charge in [0.25, 0.3) is 5.91 Å². The molecule has 1 heterocycles. The summed E-state index contributed by atoms with van der Waals surface area (Å²) in [5.74, 6) is -0.807. The highest BCUT2D eigenvalue weighted by atomic mass is 32.2. The number of sulfone groups is 1. The van der Waals surface area contributed by atoms with Gasteiger partial charge in [-0.05, 0) is 48.2 Å². The van der Waals surface area contributed by atoms with Crippen LogP contribution in [0.15, 0.2) is 52.4 Å². The number of aryl methyl sites for hydroxylation is 1. The van der Waals surface area contributed by atoms with Crippen molar-refractivity contribution in [2.24, 2.45) is 4.99 Å². The van der Waals surface area contributed by atoms with Crippen LogP contribution in [0.4, 0.5) is 0 Å². The summed E-state index contributed by atoms with van der Waals surface area (Å²) in [6.07, 6.45) is 4.32. The van der Waals surface area contributed by atoms with E-state index in [0.717, 1.165) is 35.7 Å². The minimum absolute atomic E-state index is 0.0261. The van der Waals surface area contributed by atoms with Crippen LogP contribution in [0.3, 0.4) is 0 Å². The van der Waals surface area contributed by atoms with E-state index in [4.69, 9.17) is 4.74 Å². The molecule has 9 heteroatoms. The molecule has 0 saturated carbocycles. The van der Waals surface area contributed by atoms with Gasteiger partial charge in [0.2, 0.25) is 0 Å². The second-order valence-corrected chi connectivity index (χ2v) is 10.6. The molecule has 1 aromatic heterocycles. The number of nitrogens with zero attached hydrogens (tertiary/aromatic N) is 2. The number of ether oxygens (including phenoxy) is 1. The molecule has 3 aromatic rings. The number of hydrogen-bond donors (Lipinski definition) is 0. The summed E-state index contributed by atoms with van der Waals surface area (Å²) in [5.41, 5.74) is 2.69. The van der Waals surface area contributed by atoms with E-state index in [1.165, 1.54) is 36.1 Å². The van der Waals surface area contributed by atoms with Crippen molar-refractivity contribution >= 4 is 43.3 Å². The van der Waals surface area contributed by atoms with Gasteiger partial charge in [0.15, 0.2) is 14.6 Å². The number of carbonyl (C=O) groups excluding carboxylic acids is 2. The van der Waals surface area contributed by atoms with Gasteiger partial charge in [-0.3, -0.25) is 9.59 Å². The maximum absolute atomic E-state index is 12.6. The second kappa shape index (κ2) is 10.2. The molecule has 0 atom stereocenters. The fourth-order valence-corrected chi connectivity index (χ4v) is 5.00. The summed E-state index contributed by atoms with van der Waals surface area (Å²) in [7, 11) is -1.97. The van der Waals surface area contributed by atoms with Gasteiger partial charge in [-0.1, -0.05) is 42.9 Å². The fraction of sp³-hybridized carbons (Fsp3) is 0.348. The molecule has 0 unspecified atom stereocenters. The molecule has 3 rings (SSSR count). The van der Waals surface area contributed by atoms with Crippen molar-refractivity contribution in [3.05, 3.63) is 58.4 Å². The smallest absolute Gasteiger partial charge is 0.325 e. The van der Waals surface area contributed by atoms with Gasteiger partial charge in [0.1, 0.15) is 6.54 Å². The Balaban J connectivity index is 1.94. The SMILES string of the molecule is CCCCc1ccc2c(c1)sc(=NC(=O)Cc1ccc(S(C)(=O)=O)cc1)n2CC(=O)OC. The van der Waals surface area contributed by atoms with Crippen molar-refractivity contribution in [3.63, 3.8) is 0 Å². The number of carbonyl (C=O) groups is 2. The summed E-state index contributed by atoms with van der Waals surface area (Å²) >= 11 is 1.36. The van der Waals surface area contributed by atoms with Crippen LogP contribution < -0.4 is 4.80 Å². The number of amides is 1. The molecule has 0 saturated heterocycles. The number of unbranched alkanes of at least 4 members (excludes halogenated alkanes) is 1. The van der Waals surface area contributed by atoms with Crippen molar-refractivity contribution in [1.82, 2.24) is 4.57 Å². The molecule has 32 heavy (non-hydrogen) atoms. The zero-order chi connectivity index (χ0) is 23.3. The van der Waals surface area contributed by atoms with E-state index in [-0.39, 0.29) is 23.8 Å². The standard InChI is InChI=1S/C23H26N2O5S2/c1-4-5-6-16-9-12-19-20(13-16)31-23(25(19)15-22(27)30-2)24-21(26)14-17-7-10-18(11-8-17)32(3,28)29/h7-13H,4-6,14-15H2,1-3H3. The van der Waals surface area contributed by atoms with Crippen LogP contribution in [0, 0.1) is 0 Å². The Morgan fingerprint density at radius 1 is 1.09 bits per heavy atom. The molecule has 0 aliphatic heterocycles. The Bertz CT molecular complexity index is 1300. The van der Waals surface area contributed by atoms with Crippen LogP contribution >= 0.6 is 11.3 Å². The van der Waals surface area contributed by atoms with Gasteiger partial charge < -0.3 is 9.30 Å². The van der Waals surface area contributed by atoms with Crippen LogP contribution in [0.2, 0.25) is 0 Å². The quantitative estimate of drug-likeness (QED) is 0.467. The lowest BCUT2D eigenvalue weighted by Gasteiger charge is -2.05. The number of fused-ring (bicyclic) bond motifs is 1. The first-order chi connectivity index (χ1) is 15.2. The van der Waals surface area contributed by atoms with Gasteiger partial charge in [0, 0.05) is 6.26 Å². The van der Waals surface area contributed by atoms with E-state index in [1.807, 2.05) is 12.1 Å². The molecule has 2 aromatic carbocycles. The fourth-order valence-electron chi connectivity index (χ4n) is 3.26. The van der Waals surface area contributed by atoms with Crippen molar-refractivity contribution in [3.8, 4) is 0 Å². The average Bonchev–Trinajstić information content (AvgIpc) is 3.07. The third kappa shape index (κ3) is 5.92. The lowest BCUT2D eigenvalue weighted by Crippen LogP contribution is -2.22. The number of benzene rings is 2. The summed E-state index contributed by atoms with van der Waals surface area (Å²) < 4.78 is 30.7. The molecule has 0 fully saturated rings. The monoisotopic (exact) mass is 474 g/mol.